The van der Waals surface area contributed by atoms with Crippen molar-refractivity contribution in [1.29, 1.82) is 0 Å². The van der Waals surface area contributed by atoms with Crippen molar-refractivity contribution in [2.24, 2.45) is 0 Å². The molecule has 0 spiro atoms. The summed E-state index contributed by atoms with van der Waals surface area (Å²) < 4.78 is 14.6. The van der Waals surface area contributed by atoms with Gasteiger partial charge in [0.1, 0.15) is 11.0 Å². The largest absolute Gasteiger partial charge is 0.242 e. The van der Waals surface area contributed by atoms with Crippen molar-refractivity contribution in [3.05, 3.63) is 47.0 Å². The van der Waals surface area contributed by atoms with Crippen molar-refractivity contribution in [3.63, 3.8) is 0 Å². The predicted molar refractivity (Wildman–Crippen MR) is 87.3 cm³/mol. The van der Waals surface area contributed by atoms with Crippen LogP contribution in [0.5, 0.6) is 0 Å². The first-order valence-electron chi connectivity index (χ1n) is 6.96. The molecule has 2 atom stereocenters. The van der Waals surface area contributed by atoms with Crippen molar-refractivity contribution < 1.29 is 4.21 Å². The van der Waals surface area contributed by atoms with Gasteiger partial charge in [0.2, 0.25) is 0 Å². The van der Waals surface area contributed by atoms with E-state index in [1.807, 2.05) is 32.9 Å². The highest BCUT2D eigenvalue weighted by Crippen LogP contribution is 2.24. The quantitative estimate of drug-likeness (QED) is 0.773. The molecule has 0 aliphatic carbocycles. The molecule has 0 amide bonds. The average Bonchev–Trinajstić information content (AvgIpc) is 2.40. The first-order chi connectivity index (χ1) is 9.38. The Balaban J connectivity index is 2.14. The summed E-state index contributed by atoms with van der Waals surface area (Å²) in [5.41, 5.74) is 1.24. The molecule has 4 heteroatoms. The Morgan fingerprint density at radius 1 is 1.25 bits per heavy atom. The summed E-state index contributed by atoms with van der Waals surface area (Å²) in [6.07, 6.45) is 6.16. The highest BCUT2D eigenvalue weighted by Gasteiger charge is 2.31. The monoisotopic (exact) mass is 311 g/mol. The van der Waals surface area contributed by atoms with Crippen LogP contribution in [0.4, 0.5) is 0 Å². The smallest absolute Gasteiger partial charge is 0.100 e. The van der Waals surface area contributed by atoms with Crippen LogP contribution in [0.1, 0.15) is 32.8 Å². The van der Waals surface area contributed by atoms with Crippen LogP contribution in [0.25, 0.3) is 0 Å². The lowest BCUT2D eigenvalue weighted by atomic mass is 10.0. The van der Waals surface area contributed by atoms with Crippen molar-refractivity contribution >= 4 is 22.6 Å². The van der Waals surface area contributed by atoms with Crippen LogP contribution in [0.2, 0.25) is 5.02 Å². The highest BCUT2D eigenvalue weighted by molar-refractivity contribution is 7.84. The topological polar surface area (TPSA) is 20.3 Å². The minimum absolute atomic E-state index is 0.219. The number of rotatable bonds is 3. The molecular weight excluding hydrogens is 290 g/mol. The number of halogens is 1. The van der Waals surface area contributed by atoms with Crippen molar-refractivity contribution in [2.75, 3.05) is 6.54 Å². The molecule has 0 bridgehead atoms. The molecule has 2 rings (SSSR count). The fraction of sp³-hybridized carbons (Fsp3) is 0.500. The van der Waals surface area contributed by atoms with E-state index in [2.05, 4.69) is 28.6 Å². The fourth-order valence-electron chi connectivity index (χ4n) is 2.33. The van der Waals surface area contributed by atoms with Crippen molar-refractivity contribution in [2.45, 2.75) is 44.4 Å². The van der Waals surface area contributed by atoms with E-state index in [0.29, 0.717) is 6.04 Å². The molecule has 1 aromatic rings. The van der Waals surface area contributed by atoms with Crippen LogP contribution < -0.4 is 0 Å². The standard InChI is InChI=1S/C16H22ClNOS/c1-16(2,3)20(19)18-11-5-4-6-15(18)12-13-7-9-14(17)10-8-13/h4-5,7-10,15H,6,11-12H2,1-3H3/t15?,20-/m1/s1. The molecule has 0 saturated carbocycles. The lowest BCUT2D eigenvalue weighted by Gasteiger charge is -2.36. The van der Waals surface area contributed by atoms with Gasteiger partial charge in [-0.25, -0.2) is 8.51 Å². The molecule has 20 heavy (non-hydrogen) atoms. The van der Waals surface area contributed by atoms with Gasteiger partial charge < -0.3 is 0 Å². The van der Waals surface area contributed by atoms with E-state index in [1.165, 1.54) is 5.56 Å². The molecule has 1 aliphatic rings. The third-order valence-corrected chi connectivity index (χ3v) is 5.56. The minimum Gasteiger partial charge on any atom is -0.242 e. The number of benzene rings is 1. The van der Waals surface area contributed by atoms with Crippen LogP contribution in [-0.2, 0) is 17.4 Å². The lowest BCUT2D eigenvalue weighted by molar-refractivity contribution is 0.342. The lowest BCUT2D eigenvalue weighted by Crippen LogP contribution is -2.46. The van der Waals surface area contributed by atoms with Gasteiger partial charge in [0, 0.05) is 17.6 Å². The summed E-state index contributed by atoms with van der Waals surface area (Å²) in [5.74, 6) is 0. The van der Waals surface area contributed by atoms with Gasteiger partial charge in [-0.05, 0) is 51.3 Å². The molecule has 0 fully saturated rings. The van der Waals surface area contributed by atoms with Crippen molar-refractivity contribution in [3.8, 4) is 0 Å². The van der Waals surface area contributed by atoms with Gasteiger partial charge in [-0.3, -0.25) is 0 Å². The second kappa shape index (κ2) is 6.42. The van der Waals surface area contributed by atoms with Gasteiger partial charge in [-0.1, -0.05) is 35.9 Å². The zero-order valence-electron chi connectivity index (χ0n) is 12.3. The summed E-state index contributed by atoms with van der Waals surface area (Å²) >= 11 is 5.92. The average molecular weight is 312 g/mol. The van der Waals surface area contributed by atoms with Crippen LogP contribution in [0.3, 0.4) is 0 Å². The summed E-state index contributed by atoms with van der Waals surface area (Å²) in [4.78, 5) is 0. The molecule has 110 valence electrons. The van der Waals surface area contributed by atoms with E-state index in [-0.39, 0.29) is 4.75 Å². The van der Waals surface area contributed by atoms with Gasteiger partial charge in [0.25, 0.3) is 0 Å². The van der Waals surface area contributed by atoms with E-state index in [4.69, 9.17) is 11.6 Å². The Bertz CT molecular complexity index is 504. The summed E-state index contributed by atoms with van der Waals surface area (Å²) in [6.45, 7) is 6.85. The van der Waals surface area contributed by atoms with E-state index in [0.717, 1.165) is 24.4 Å². The molecule has 1 aromatic carbocycles. The second-order valence-corrected chi connectivity index (χ2v) is 8.78. The zero-order valence-corrected chi connectivity index (χ0v) is 13.9. The van der Waals surface area contributed by atoms with Gasteiger partial charge >= 0.3 is 0 Å². The Kier molecular flexibility index (Phi) is 5.05. The Morgan fingerprint density at radius 3 is 2.50 bits per heavy atom. The van der Waals surface area contributed by atoms with Crippen LogP contribution >= 0.6 is 11.6 Å². The number of hydrogen-bond acceptors (Lipinski definition) is 1. The van der Waals surface area contributed by atoms with E-state index in [9.17, 15) is 4.21 Å². The molecule has 1 aliphatic heterocycles. The fourth-order valence-corrected chi connectivity index (χ4v) is 3.81. The Hall–Kier alpha value is -0.640. The first-order valence-corrected chi connectivity index (χ1v) is 8.44. The molecule has 0 radical (unpaired) electrons. The SMILES string of the molecule is CC(C)(C)[S@@](=O)N1CC=CCC1Cc1ccc(Cl)cc1. The first kappa shape index (κ1) is 15.7. The van der Waals surface area contributed by atoms with E-state index >= 15 is 0 Å². The third-order valence-electron chi connectivity index (χ3n) is 3.39. The Morgan fingerprint density at radius 2 is 1.90 bits per heavy atom. The number of nitrogens with zero attached hydrogens (tertiary/aromatic N) is 1. The molecule has 1 unspecified atom stereocenters. The predicted octanol–water partition coefficient (Wildman–Crippen LogP) is 3.98. The summed E-state index contributed by atoms with van der Waals surface area (Å²) in [6, 6.07) is 8.24. The molecule has 2 nitrogen and oxygen atoms in total. The van der Waals surface area contributed by atoms with Gasteiger partial charge in [-0.15, -0.1) is 0 Å². The van der Waals surface area contributed by atoms with Gasteiger partial charge in [-0.2, -0.15) is 0 Å². The third kappa shape index (κ3) is 3.94. The highest BCUT2D eigenvalue weighted by atomic mass is 35.5. The van der Waals surface area contributed by atoms with Gasteiger partial charge in [0.15, 0.2) is 0 Å². The molecule has 0 saturated heterocycles. The Labute approximate surface area is 129 Å². The van der Waals surface area contributed by atoms with Crippen molar-refractivity contribution in [1.82, 2.24) is 4.31 Å². The molecular formula is C16H22ClNOS. The van der Waals surface area contributed by atoms with Gasteiger partial charge in [0.05, 0.1) is 4.75 Å². The maximum atomic E-state index is 12.7. The van der Waals surface area contributed by atoms with Crippen LogP contribution in [0, 0.1) is 0 Å². The van der Waals surface area contributed by atoms with E-state index in [1.54, 1.807) is 0 Å². The van der Waals surface area contributed by atoms with E-state index < -0.39 is 11.0 Å². The minimum atomic E-state index is -0.976. The molecule has 0 N–H and O–H groups in total. The number of hydrogen-bond donors (Lipinski definition) is 0. The van der Waals surface area contributed by atoms with Crippen LogP contribution in [0.15, 0.2) is 36.4 Å². The maximum Gasteiger partial charge on any atom is 0.100 e. The maximum absolute atomic E-state index is 12.7. The molecule has 1 heterocycles. The normalized spacial score (nSPS) is 21.9. The van der Waals surface area contributed by atoms with Crippen LogP contribution in [-0.4, -0.2) is 25.8 Å². The summed E-state index contributed by atoms with van der Waals surface area (Å²) in [7, 11) is -0.976. The summed E-state index contributed by atoms with van der Waals surface area (Å²) in [5, 5.41) is 0.757. The molecule has 0 aromatic heterocycles. The second-order valence-electron chi connectivity index (χ2n) is 6.15. The zero-order chi connectivity index (χ0) is 14.8.